The quantitative estimate of drug-likeness (QED) is 0.569. The van der Waals surface area contributed by atoms with E-state index in [2.05, 4.69) is 34.1 Å². The Labute approximate surface area is 181 Å². The number of carbonyl (C=O) groups excluding carboxylic acids is 1. The maximum Gasteiger partial charge on any atom is 0.204 e. The fourth-order valence-corrected chi connectivity index (χ4v) is 4.49. The van der Waals surface area contributed by atoms with Crippen molar-refractivity contribution in [1.29, 1.82) is 0 Å². The Hall–Kier alpha value is -2.36. The van der Waals surface area contributed by atoms with Crippen LogP contribution in [0.1, 0.15) is 18.5 Å². The number of aromatic nitrogens is 2. The lowest BCUT2D eigenvalue weighted by molar-refractivity contribution is -0.106. The summed E-state index contributed by atoms with van der Waals surface area (Å²) in [6, 6.07) is 10.4. The highest BCUT2D eigenvalue weighted by atomic mass is 32.2. The molecule has 4 N–H and O–H groups in total. The molecule has 2 aliphatic rings. The molecule has 4 rings (SSSR count). The third-order valence-electron chi connectivity index (χ3n) is 5.12. The van der Waals surface area contributed by atoms with Crippen LogP contribution in [0.3, 0.4) is 0 Å². The van der Waals surface area contributed by atoms with E-state index in [0.717, 1.165) is 73.5 Å². The highest BCUT2D eigenvalue weighted by Crippen LogP contribution is 2.56. The number of ether oxygens (including phenoxy) is 1. The van der Waals surface area contributed by atoms with Crippen LogP contribution in [0.25, 0.3) is 11.4 Å². The maximum absolute atomic E-state index is 9.26. The SMILES string of the molecule is CNc1ccc(-c2nc(N3CCOCC3)cc(C3(SCCO)CC3)n2)cc1.NC=O. The zero-order valence-electron chi connectivity index (χ0n) is 17.2. The summed E-state index contributed by atoms with van der Waals surface area (Å²) < 4.78 is 5.53. The number of benzene rings is 1. The molecular formula is C21H29N5O3S. The Morgan fingerprint density at radius 1 is 1.27 bits per heavy atom. The van der Waals surface area contributed by atoms with Crippen LogP contribution in [0.15, 0.2) is 30.3 Å². The van der Waals surface area contributed by atoms with Gasteiger partial charge in [-0.25, -0.2) is 9.97 Å². The van der Waals surface area contributed by atoms with Gasteiger partial charge in [0.1, 0.15) is 5.82 Å². The van der Waals surface area contributed by atoms with Crippen LogP contribution in [0.4, 0.5) is 11.5 Å². The molecular weight excluding hydrogens is 402 g/mol. The number of nitrogens with one attached hydrogen (secondary N) is 1. The summed E-state index contributed by atoms with van der Waals surface area (Å²) in [6.07, 6.45) is 2.46. The summed E-state index contributed by atoms with van der Waals surface area (Å²) in [4.78, 5) is 20.7. The van der Waals surface area contributed by atoms with Gasteiger partial charge in [0.25, 0.3) is 0 Å². The third kappa shape index (κ3) is 5.41. The van der Waals surface area contributed by atoms with E-state index >= 15 is 0 Å². The first kappa shape index (κ1) is 22.3. The van der Waals surface area contributed by atoms with Gasteiger partial charge in [0.2, 0.25) is 6.41 Å². The van der Waals surface area contributed by atoms with Crippen molar-refractivity contribution in [1.82, 2.24) is 9.97 Å². The van der Waals surface area contributed by atoms with Crippen LogP contribution in [0.2, 0.25) is 0 Å². The van der Waals surface area contributed by atoms with E-state index < -0.39 is 0 Å². The Morgan fingerprint density at radius 3 is 2.50 bits per heavy atom. The van der Waals surface area contributed by atoms with Crippen molar-refractivity contribution in [3.63, 3.8) is 0 Å². The predicted molar refractivity (Wildman–Crippen MR) is 121 cm³/mol. The second-order valence-corrected chi connectivity index (χ2v) is 8.54. The number of carbonyl (C=O) groups is 1. The van der Waals surface area contributed by atoms with Gasteiger partial charge >= 0.3 is 0 Å². The van der Waals surface area contributed by atoms with Gasteiger partial charge in [-0.15, -0.1) is 11.8 Å². The van der Waals surface area contributed by atoms with E-state index in [0.29, 0.717) is 0 Å². The fourth-order valence-electron chi connectivity index (χ4n) is 3.37. The summed E-state index contributed by atoms with van der Waals surface area (Å²) in [6.45, 7) is 3.37. The Balaban J connectivity index is 0.000000806. The molecule has 1 saturated carbocycles. The molecule has 0 bridgehead atoms. The van der Waals surface area contributed by atoms with Crippen molar-refractivity contribution in [3.8, 4) is 11.4 Å². The molecule has 1 amide bonds. The number of nitrogens with two attached hydrogens (primary N) is 1. The number of anilines is 2. The van der Waals surface area contributed by atoms with E-state index in [1.165, 1.54) is 0 Å². The van der Waals surface area contributed by atoms with E-state index in [1.54, 1.807) is 0 Å². The van der Waals surface area contributed by atoms with Crippen LogP contribution in [0, 0.1) is 0 Å². The first-order chi connectivity index (χ1) is 14.7. The summed E-state index contributed by atoms with van der Waals surface area (Å²) in [5.41, 5.74) is 7.35. The number of aliphatic hydroxyl groups is 1. The van der Waals surface area contributed by atoms with E-state index in [9.17, 15) is 5.11 Å². The molecule has 0 spiro atoms. The summed E-state index contributed by atoms with van der Waals surface area (Å²) in [5, 5.41) is 12.4. The zero-order chi connectivity index (χ0) is 21.4. The Morgan fingerprint density at radius 2 is 1.93 bits per heavy atom. The molecule has 2 heterocycles. The first-order valence-electron chi connectivity index (χ1n) is 10.1. The van der Waals surface area contributed by atoms with Crippen LogP contribution in [-0.2, 0) is 14.3 Å². The van der Waals surface area contributed by atoms with Gasteiger partial charge in [0.05, 0.1) is 30.3 Å². The number of hydrogen-bond donors (Lipinski definition) is 3. The van der Waals surface area contributed by atoms with Crippen LogP contribution in [-0.4, -0.2) is 67.2 Å². The molecule has 1 aliphatic heterocycles. The smallest absolute Gasteiger partial charge is 0.204 e. The third-order valence-corrected chi connectivity index (χ3v) is 6.68. The molecule has 1 aromatic heterocycles. The normalized spacial score (nSPS) is 16.9. The van der Waals surface area contributed by atoms with Gasteiger partial charge in [-0.3, -0.25) is 4.79 Å². The molecule has 2 aromatic rings. The molecule has 8 nitrogen and oxygen atoms in total. The first-order valence-corrected chi connectivity index (χ1v) is 11.0. The molecule has 9 heteroatoms. The molecule has 1 aromatic carbocycles. The lowest BCUT2D eigenvalue weighted by Gasteiger charge is -2.29. The number of primary amides is 1. The van der Waals surface area contributed by atoms with Crippen molar-refractivity contribution in [3.05, 3.63) is 36.0 Å². The molecule has 30 heavy (non-hydrogen) atoms. The minimum absolute atomic E-state index is 0.0341. The lowest BCUT2D eigenvalue weighted by Crippen LogP contribution is -2.37. The van der Waals surface area contributed by atoms with Crippen molar-refractivity contribution in [2.45, 2.75) is 17.6 Å². The molecule has 162 valence electrons. The second kappa shape index (κ2) is 10.6. The molecule has 2 fully saturated rings. The highest BCUT2D eigenvalue weighted by molar-refractivity contribution is 8.00. The number of nitrogens with zero attached hydrogens (tertiary/aromatic N) is 3. The predicted octanol–water partition coefficient (Wildman–Crippen LogP) is 1.84. The Kier molecular flexibility index (Phi) is 7.89. The van der Waals surface area contributed by atoms with Crippen molar-refractivity contribution < 1.29 is 14.6 Å². The number of rotatable bonds is 7. The van der Waals surface area contributed by atoms with Crippen LogP contribution in [0.5, 0.6) is 0 Å². The van der Waals surface area contributed by atoms with Crippen LogP contribution >= 0.6 is 11.8 Å². The summed E-state index contributed by atoms with van der Waals surface area (Å²) in [7, 11) is 1.91. The molecule has 1 saturated heterocycles. The number of amides is 1. The molecule has 1 aliphatic carbocycles. The number of hydrogen-bond acceptors (Lipinski definition) is 8. The summed E-state index contributed by atoms with van der Waals surface area (Å²) in [5.74, 6) is 2.49. The van der Waals surface area contributed by atoms with Crippen molar-refractivity contribution >= 4 is 29.7 Å². The Bertz CT molecular complexity index is 824. The van der Waals surface area contributed by atoms with Gasteiger partial charge in [0, 0.05) is 43.2 Å². The number of morpholine rings is 1. The van der Waals surface area contributed by atoms with E-state index in [4.69, 9.17) is 19.5 Å². The molecule has 0 atom stereocenters. The van der Waals surface area contributed by atoms with Gasteiger partial charge in [-0.1, -0.05) is 0 Å². The second-order valence-electron chi connectivity index (χ2n) is 7.06. The average molecular weight is 432 g/mol. The molecule has 0 unspecified atom stereocenters. The minimum Gasteiger partial charge on any atom is -0.396 e. The van der Waals surface area contributed by atoms with Crippen molar-refractivity contribution in [2.75, 3.05) is 55.9 Å². The van der Waals surface area contributed by atoms with Gasteiger partial charge in [-0.05, 0) is 37.1 Å². The monoisotopic (exact) mass is 431 g/mol. The zero-order valence-corrected chi connectivity index (χ0v) is 18.0. The molecule has 0 radical (unpaired) electrons. The van der Waals surface area contributed by atoms with E-state index in [1.807, 2.05) is 30.9 Å². The number of thioether (sulfide) groups is 1. The van der Waals surface area contributed by atoms with E-state index in [-0.39, 0.29) is 17.8 Å². The minimum atomic E-state index is 0.0341. The van der Waals surface area contributed by atoms with Gasteiger partial charge < -0.3 is 25.8 Å². The van der Waals surface area contributed by atoms with Crippen molar-refractivity contribution in [2.24, 2.45) is 5.73 Å². The highest BCUT2D eigenvalue weighted by Gasteiger charge is 2.46. The average Bonchev–Trinajstić information content (AvgIpc) is 3.60. The standard InChI is InChI=1S/C20H26N4O2S.CH3NO/c1-21-16-4-2-15(3-5-16)19-22-17(20(6-7-20)27-13-10-25)14-18(23-19)24-8-11-26-12-9-24;2-1-3/h2-5,14,21,25H,6-13H2,1H3;1H,(H2,2,3). The van der Waals surface area contributed by atoms with Gasteiger partial charge in [0.15, 0.2) is 5.82 Å². The van der Waals surface area contributed by atoms with Gasteiger partial charge in [-0.2, -0.15) is 0 Å². The summed E-state index contributed by atoms with van der Waals surface area (Å²) >= 11 is 1.81. The fraction of sp³-hybridized carbons (Fsp3) is 0.476. The van der Waals surface area contributed by atoms with Crippen LogP contribution < -0.4 is 16.0 Å². The number of aliphatic hydroxyl groups excluding tert-OH is 1. The lowest BCUT2D eigenvalue weighted by atomic mass is 10.1. The topological polar surface area (TPSA) is 114 Å². The maximum atomic E-state index is 9.26. The largest absolute Gasteiger partial charge is 0.396 e.